The Hall–Kier alpha value is -2.17. The van der Waals surface area contributed by atoms with Crippen LogP contribution < -0.4 is 10.6 Å². The van der Waals surface area contributed by atoms with E-state index in [1.54, 1.807) is 6.92 Å². The number of imide groups is 1. The van der Waals surface area contributed by atoms with Gasteiger partial charge in [-0.05, 0) is 56.7 Å². The number of halogens is 1. The molecule has 1 aromatic rings. The van der Waals surface area contributed by atoms with Crippen LogP contribution in [0.4, 0.5) is 10.5 Å². The lowest BCUT2D eigenvalue weighted by atomic mass is 9.96. The Balaban J connectivity index is 1.47. The Bertz CT molecular complexity index is 1020. The van der Waals surface area contributed by atoms with E-state index < -0.39 is 40.0 Å². The van der Waals surface area contributed by atoms with E-state index >= 15 is 0 Å². The van der Waals surface area contributed by atoms with Crippen molar-refractivity contribution < 1.29 is 22.8 Å². The number of anilines is 1. The number of nitrogens with one attached hydrogen (secondary N) is 2. The van der Waals surface area contributed by atoms with Gasteiger partial charge in [0.1, 0.15) is 17.0 Å². The average molecular weight is 455 g/mol. The zero-order chi connectivity index (χ0) is 21.7. The van der Waals surface area contributed by atoms with Crippen LogP contribution in [-0.4, -0.2) is 60.6 Å². The third kappa shape index (κ3) is 3.67. The Morgan fingerprint density at radius 3 is 2.57 bits per heavy atom. The highest BCUT2D eigenvalue weighted by Gasteiger charge is 2.56. The molecule has 4 amide bonds. The van der Waals surface area contributed by atoms with Crippen molar-refractivity contribution in [3.63, 3.8) is 0 Å². The second kappa shape index (κ2) is 7.51. The van der Waals surface area contributed by atoms with Crippen LogP contribution in [0.5, 0.6) is 0 Å². The minimum Gasteiger partial charge on any atom is -0.324 e. The van der Waals surface area contributed by atoms with E-state index in [4.69, 9.17) is 11.6 Å². The van der Waals surface area contributed by atoms with Gasteiger partial charge in [-0.2, -0.15) is 4.31 Å². The van der Waals surface area contributed by atoms with E-state index in [1.165, 1.54) is 22.5 Å². The van der Waals surface area contributed by atoms with Crippen LogP contribution >= 0.6 is 11.6 Å². The number of carbonyl (C=O) groups is 3. The second-order valence-electron chi connectivity index (χ2n) is 8.10. The van der Waals surface area contributed by atoms with Crippen molar-refractivity contribution in [2.45, 2.75) is 43.0 Å². The molecule has 2 saturated heterocycles. The summed E-state index contributed by atoms with van der Waals surface area (Å²) in [6, 6.07) is 3.58. The van der Waals surface area contributed by atoms with E-state index in [9.17, 15) is 22.8 Å². The van der Waals surface area contributed by atoms with Crippen molar-refractivity contribution in [2.24, 2.45) is 5.92 Å². The molecule has 4 rings (SSSR count). The van der Waals surface area contributed by atoms with Gasteiger partial charge in [0.15, 0.2) is 0 Å². The van der Waals surface area contributed by atoms with Crippen molar-refractivity contribution >= 4 is 45.2 Å². The maximum atomic E-state index is 12.8. The van der Waals surface area contributed by atoms with E-state index in [0.29, 0.717) is 13.1 Å². The molecular weight excluding hydrogens is 432 g/mol. The van der Waals surface area contributed by atoms with Crippen LogP contribution in [0.25, 0.3) is 0 Å². The molecule has 2 heterocycles. The molecule has 11 heteroatoms. The molecule has 30 heavy (non-hydrogen) atoms. The van der Waals surface area contributed by atoms with Gasteiger partial charge in [0.25, 0.3) is 5.91 Å². The molecule has 1 saturated carbocycles. The van der Waals surface area contributed by atoms with Crippen molar-refractivity contribution in [1.82, 2.24) is 14.5 Å². The molecule has 1 aliphatic carbocycles. The molecule has 0 bridgehead atoms. The van der Waals surface area contributed by atoms with Gasteiger partial charge in [-0.1, -0.05) is 11.6 Å². The summed E-state index contributed by atoms with van der Waals surface area (Å²) in [7, 11) is -3.76. The Morgan fingerprint density at radius 1 is 1.27 bits per heavy atom. The highest BCUT2D eigenvalue weighted by atomic mass is 35.5. The van der Waals surface area contributed by atoms with Crippen LogP contribution in [0.15, 0.2) is 23.1 Å². The van der Waals surface area contributed by atoms with E-state index in [1.807, 2.05) is 0 Å². The monoisotopic (exact) mass is 454 g/mol. The van der Waals surface area contributed by atoms with E-state index in [0.717, 1.165) is 30.6 Å². The molecule has 1 aromatic carbocycles. The molecule has 9 nitrogen and oxygen atoms in total. The van der Waals surface area contributed by atoms with Gasteiger partial charge < -0.3 is 10.6 Å². The molecule has 1 unspecified atom stereocenters. The van der Waals surface area contributed by atoms with Crippen LogP contribution in [0.1, 0.15) is 32.6 Å². The topological polar surface area (TPSA) is 116 Å². The van der Waals surface area contributed by atoms with Gasteiger partial charge in [-0.3, -0.25) is 14.5 Å². The smallest absolute Gasteiger partial charge is 0.324 e. The van der Waals surface area contributed by atoms with Crippen molar-refractivity contribution in [1.29, 1.82) is 0 Å². The van der Waals surface area contributed by atoms with Crippen LogP contribution in [-0.2, 0) is 19.6 Å². The van der Waals surface area contributed by atoms with Gasteiger partial charge in [0.05, 0.1) is 5.02 Å². The molecule has 2 aliphatic heterocycles. The predicted molar refractivity (Wildman–Crippen MR) is 109 cm³/mol. The standard InChI is InChI=1S/C19H23ClN4O5S/c1-19(12-4-5-12)17(26)24(18(27)22-19)11-16(25)21-13-6-7-14(20)15(10-13)30(28,29)23-8-2-3-9-23/h6-7,10,12H,2-5,8-9,11H2,1H3,(H,21,25)(H,22,27). The second-order valence-corrected chi connectivity index (χ2v) is 10.4. The third-order valence-corrected chi connectivity index (χ3v) is 8.27. The van der Waals surface area contributed by atoms with E-state index in [-0.39, 0.29) is 21.5 Å². The molecule has 0 aromatic heterocycles. The molecular formula is C19H23ClN4O5S. The van der Waals surface area contributed by atoms with Gasteiger partial charge in [-0.15, -0.1) is 0 Å². The summed E-state index contributed by atoms with van der Waals surface area (Å²) >= 11 is 6.11. The SMILES string of the molecule is CC1(C2CC2)NC(=O)N(CC(=O)Nc2ccc(Cl)c(S(=O)(=O)N3CCCC3)c2)C1=O. The fourth-order valence-electron chi connectivity index (χ4n) is 3.99. The van der Waals surface area contributed by atoms with Gasteiger partial charge >= 0.3 is 6.03 Å². The summed E-state index contributed by atoms with van der Waals surface area (Å²) in [5, 5.41) is 5.31. The Kier molecular flexibility index (Phi) is 5.27. The number of amides is 4. The number of carbonyl (C=O) groups excluding carboxylic acids is 3. The first-order valence-corrected chi connectivity index (χ1v) is 11.7. The number of nitrogens with zero attached hydrogens (tertiary/aromatic N) is 2. The summed E-state index contributed by atoms with van der Waals surface area (Å²) in [5.74, 6) is -0.930. The summed E-state index contributed by atoms with van der Waals surface area (Å²) in [4.78, 5) is 38.1. The maximum absolute atomic E-state index is 12.8. The van der Waals surface area contributed by atoms with Crippen molar-refractivity contribution in [3.8, 4) is 0 Å². The highest BCUT2D eigenvalue weighted by Crippen LogP contribution is 2.42. The zero-order valence-electron chi connectivity index (χ0n) is 16.5. The molecule has 162 valence electrons. The first kappa shape index (κ1) is 21.1. The Labute approximate surface area is 179 Å². The summed E-state index contributed by atoms with van der Waals surface area (Å²) in [6.07, 6.45) is 3.31. The number of rotatable bonds is 6. The molecule has 0 spiro atoms. The normalized spacial score (nSPS) is 24.9. The zero-order valence-corrected chi connectivity index (χ0v) is 18.1. The molecule has 1 atom stereocenters. The number of hydrogen-bond acceptors (Lipinski definition) is 5. The number of hydrogen-bond donors (Lipinski definition) is 2. The average Bonchev–Trinajstić information content (AvgIpc) is 3.35. The maximum Gasteiger partial charge on any atom is 0.325 e. The number of urea groups is 1. The number of sulfonamides is 1. The third-order valence-electron chi connectivity index (χ3n) is 5.89. The molecule has 0 radical (unpaired) electrons. The fourth-order valence-corrected chi connectivity index (χ4v) is 6.00. The fraction of sp³-hybridized carbons (Fsp3) is 0.526. The van der Waals surface area contributed by atoms with Gasteiger partial charge in [-0.25, -0.2) is 13.2 Å². The minimum absolute atomic E-state index is 0.0641. The lowest BCUT2D eigenvalue weighted by molar-refractivity contribution is -0.134. The summed E-state index contributed by atoms with van der Waals surface area (Å²) in [5.41, 5.74) is -0.742. The first-order valence-electron chi connectivity index (χ1n) is 9.86. The number of benzene rings is 1. The highest BCUT2D eigenvalue weighted by molar-refractivity contribution is 7.89. The van der Waals surface area contributed by atoms with Crippen LogP contribution in [0.3, 0.4) is 0 Å². The molecule has 2 N–H and O–H groups in total. The van der Waals surface area contributed by atoms with E-state index in [2.05, 4.69) is 10.6 Å². The van der Waals surface area contributed by atoms with Gasteiger partial charge in [0, 0.05) is 18.8 Å². The van der Waals surface area contributed by atoms with Crippen LogP contribution in [0.2, 0.25) is 5.02 Å². The Morgan fingerprint density at radius 2 is 1.93 bits per heavy atom. The summed E-state index contributed by atoms with van der Waals surface area (Å²) < 4.78 is 27.0. The lowest BCUT2D eigenvalue weighted by Gasteiger charge is -2.21. The molecule has 3 aliphatic rings. The van der Waals surface area contributed by atoms with Crippen LogP contribution in [0, 0.1) is 5.92 Å². The lowest BCUT2D eigenvalue weighted by Crippen LogP contribution is -2.46. The first-order chi connectivity index (χ1) is 14.1. The summed E-state index contributed by atoms with van der Waals surface area (Å²) in [6.45, 7) is 2.09. The van der Waals surface area contributed by atoms with Crippen molar-refractivity contribution in [3.05, 3.63) is 23.2 Å². The molecule has 3 fully saturated rings. The quantitative estimate of drug-likeness (QED) is 0.635. The predicted octanol–water partition coefficient (Wildman–Crippen LogP) is 1.78. The van der Waals surface area contributed by atoms with Gasteiger partial charge in [0.2, 0.25) is 15.9 Å². The van der Waals surface area contributed by atoms with Crippen molar-refractivity contribution in [2.75, 3.05) is 25.0 Å². The largest absolute Gasteiger partial charge is 0.325 e. The minimum atomic E-state index is -3.76.